The number of hydrazone groups is 1. The molecule has 0 unspecified atom stereocenters. The highest BCUT2D eigenvalue weighted by Gasteiger charge is 2.29. The molecule has 27 heavy (non-hydrogen) atoms. The zero-order chi connectivity index (χ0) is 19.7. The van der Waals surface area contributed by atoms with Gasteiger partial charge in [0.2, 0.25) is 5.75 Å². The lowest BCUT2D eigenvalue weighted by molar-refractivity contribution is -0.386. The van der Waals surface area contributed by atoms with E-state index < -0.39 is 16.4 Å². The van der Waals surface area contributed by atoms with E-state index in [1.165, 1.54) is 30.3 Å². The van der Waals surface area contributed by atoms with Crippen LogP contribution in [0.2, 0.25) is 0 Å². The summed E-state index contributed by atoms with van der Waals surface area (Å²) in [4.78, 5) is 23.2. The van der Waals surface area contributed by atoms with Crippen LogP contribution in [0.4, 0.5) is 11.4 Å². The molecular formula is C19H17N3O5. The summed E-state index contributed by atoms with van der Waals surface area (Å²) >= 11 is 0. The summed E-state index contributed by atoms with van der Waals surface area (Å²) in [6, 6.07) is 9.94. The van der Waals surface area contributed by atoms with E-state index in [2.05, 4.69) is 5.10 Å². The van der Waals surface area contributed by atoms with Crippen molar-refractivity contribution in [2.75, 3.05) is 12.1 Å². The van der Waals surface area contributed by atoms with Crippen molar-refractivity contribution in [2.45, 2.75) is 13.8 Å². The Balaban J connectivity index is 2.02. The van der Waals surface area contributed by atoms with Gasteiger partial charge in [0.25, 0.3) is 5.91 Å². The van der Waals surface area contributed by atoms with E-state index in [0.29, 0.717) is 22.5 Å². The van der Waals surface area contributed by atoms with Gasteiger partial charge in [0, 0.05) is 6.07 Å². The van der Waals surface area contributed by atoms with E-state index in [0.717, 1.165) is 5.56 Å². The van der Waals surface area contributed by atoms with Crippen LogP contribution >= 0.6 is 0 Å². The summed E-state index contributed by atoms with van der Waals surface area (Å²) in [5, 5.41) is 26.6. The Morgan fingerprint density at radius 2 is 1.89 bits per heavy atom. The molecule has 0 atom stereocenters. The van der Waals surface area contributed by atoms with Crippen LogP contribution in [-0.4, -0.2) is 28.8 Å². The van der Waals surface area contributed by atoms with Gasteiger partial charge >= 0.3 is 5.69 Å². The van der Waals surface area contributed by atoms with E-state index >= 15 is 0 Å². The van der Waals surface area contributed by atoms with Crippen molar-refractivity contribution in [3.63, 3.8) is 0 Å². The summed E-state index contributed by atoms with van der Waals surface area (Å²) in [7, 11) is 1.29. The van der Waals surface area contributed by atoms with E-state index in [1.54, 1.807) is 19.1 Å². The largest absolute Gasteiger partial charge is 0.500 e. The number of nitro benzene ring substituents is 1. The normalized spacial score (nSPS) is 15.2. The number of benzene rings is 2. The van der Waals surface area contributed by atoms with Crippen molar-refractivity contribution in [1.29, 1.82) is 0 Å². The van der Waals surface area contributed by atoms with Crippen molar-refractivity contribution >= 4 is 29.1 Å². The van der Waals surface area contributed by atoms with Gasteiger partial charge in [-0.2, -0.15) is 10.1 Å². The molecule has 3 rings (SSSR count). The minimum absolute atomic E-state index is 0.0496. The SMILES string of the molecule is COc1cc(/C=C2/C(=O)N(c3ccc(C)cc3)N=C2C)cc([N+](=O)[O-])c1O. The molecule has 0 saturated carbocycles. The molecule has 0 fully saturated rings. The Morgan fingerprint density at radius 3 is 2.48 bits per heavy atom. The molecule has 0 aliphatic carbocycles. The van der Waals surface area contributed by atoms with Crippen molar-refractivity contribution in [2.24, 2.45) is 5.10 Å². The Morgan fingerprint density at radius 1 is 1.22 bits per heavy atom. The second kappa shape index (κ2) is 6.91. The highest BCUT2D eigenvalue weighted by molar-refractivity contribution is 6.32. The summed E-state index contributed by atoms with van der Waals surface area (Å²) < 4.78 is 4.99. The van der Waals surface area contributed by atoms with Crippen LogP contribution in [0.5, 0.6) is 11.5 Å². The number of aromatic hydroxyl groups is 1. The predicted molar refractivity (Wildman–Crippen MR) is 101 cm³/mol. The van der Waals surface area contributed by atoms with Crippen LogP contribution in [0.1, 0.15) is 18.1 Å². The molecule has 0 saturated heterocycles. The number of phenolic OH excluding ortho intramolecular Hbond substituents is 1. The van der Waals surface area contributed by atoms with E-state index in [1.807, 2.05) is 19.1 Å². The smallest absolute Gasteiger partial charge is 0.315 e. The third-order valence-electron chi connectivity index (χ3n) is 4.15. The fourth-order valence-electron chi connectivity index (χ4n) is 2.70. The number of carbonyl (C=O) groups is 1. The zero-order valence-corrected chi connectivity index (χ0v) is 15.0. The first kappa shape index (κ1) is 18.1. The van der Waals surface area contributed by atoms with Gasteiger partial charge in [0.05, 0.1) is 29.0 Å². The molecule has 0 radical (unpaired) electrons. The quantitative estimate of drug-likeness (QED) is 0.506. The van der Waals surface area contributed by atoms with Crippen molar-refractivity contribution in [3.8, 4) is 11.5 Å². The Hall–Kier alpha value is -3.68. The van der Waals surface area contributed by atoms with Gasteiger partial charge in [0.1, 0.15) is 0 Å². The first-order valence-corrected chi connectivity index (χ1v) is 8.05. The maximum Gasteiger partial charge on any atom is 0.315 e. The monoisotopic (exact) mass is 367 g/mol. The topological polar surface area (TPSA) is 105 Å². The second-order valence-corrected chi connectivity index (χ2v) is 6.04. The third-order valence-corrected chi connectivity index (χ3v) is 4.15. The fourth-order valence-corrected chi connectivity index (χ4v) is 2.70. The van der Waals surface area contributed by atoms with Crippen LogP contribution < -0.4 is 9.75 Å². The van der Waals surface area contributed by atoms with Crippen LogP contribution in [0, 0.1) is 17.0 Å². The number of nitro groups is 1. The number of hydrogen-bond acceptors (Lipinski definition) is 6. The molecule has 1 aliphatic rings. The molecule has 8 heteroatoms. The Bertz CT molecular complexity index is 993. The predicted octanol–water partition coefficient (Wildman–Crippen LogP) is 3.42. The number of aryl methyl sites for hydroxylation is 1. The molecular weight excluding hydrogens is 350 g/mol. The summed E-state index contributed by atoms with van der Waals surface area (Å²) in [5.41, 5.74) is 2.32. The molecule has 1 amide bonds. The van der Waals surface area contributed by atoms with Gasteiger partial charge in [-0.1, -0.05) is 17.7 Å². The van der Waals surface area contributed by atoms with Crippen LogP contribution in [0.25, 0.3) is 6.08 Å². The molecule has 0 aromatic heterocycles. The van der Waals surface area contributed by atoms with Crippen LogP contribution in [-0.2, 0) is 4.79 Å². The first-order valence-electron chi connectivity index (χ1n) is 8.05. The molecule has 2 aromatic rings. The summed E-state index contributed by atoms with van der Waals surface area (Å²) in [5.74, 6) is -0.952. The third kappa shape index (κ3) is 3.37. The lowest BCUT2D eigenvalue weighted by atomic mass is 10.1. The number of nitrogens with zero attached hydrogens (tertiary/aromatic N) is 3. The summed E-state index contributed by atoms with van der Waals surface area (Å²) in [6.07, 6.45) is 1.49. The van der Waals surface area contributed by atoms with Crippen molar-refractivity contribution in [1.82, 2.24) is 0 Å². The molecule has 1 N–H and O–H groups in total. The molecule has 0 bridgehead atoms. The van der Waals surface area contributed by atoms with E-state index in [4.69, 9.17) is 4.74 Å². The number of rotatable bonds is 4. The van der Waals surface area contributed by atoms with Gasteiger partial charge in [0.15, 0.2) is 5.75 Å². The number of anilines is 1. The number of phenols is 1. The van der Waals surface area contributed by atoms with E-state index in [9.17, 15) is 20.0 Å². The van der Waals surface area contributed by atoms with Crippen LogP contribution in [0.3, 0.4) is 0 Å². The van der Waals surface area contributed by atoms with Gasteiger partial charge in [-0.3, -0.25) is 14.9 Å². The number of methoxy groups -OCH3 is 1. The average molecular weight is 367 g/mol. The van der Waals surface area contributed by atoms with Crippen LogP contribution in [0.15, 0.2) is 47.1 Å². The number of carbonyl (C=O) groups excluding carboxylic acids is 1. The zero-order valence-electron chi connectivity index (χ0n) is 15.0. The molecule has 138 valence electrons. The van der Waals surface area contributed by atoms with Crippen molar-refractivity contribution < 1.29 is 19.6 Å². The first-order chi connectivity index (χ1) is 12.8. The minimum Gasteiger partial charge on any atom is -0.500 e. The van der Waals surface area contributed by atoms with Gasteiger partial charge in [-0.05, 0) is 43.7 Å². The maximum atomic E-state index is 12.8. The van der Waals surface area contributed by atoms with Gasteiger partial charge in [-0.25, -0.2) is 0 Å². The lowest BCUT2D eigenvalue weighted by Gasteiger charge is -2.11. The summed E-state index contributed by atoms with van der Waals surface area (Å²) in [6.45, 7) is 3.63. The molecule has 2 aromatic carbocycles. The number of ether oxygens (including phenoxy) is 1. The van der Waals surface area contributed by atoms with Gasteiger partial charge < -0.3 is 9.84 Å². The molecule has 0 spiro atoms. The molecule has 8 nitrogen and oxygen atoms in total. The maximum absolute atomic E-state index is 12.8. The Kier molecular flexibility index (Phi) is 4.64. The van der Waals surface area contributed by atoms with Crippen molar-refractivity contribution in [3.05, 3.63) is 63.2 Å². The van der Waals surface area contributed by atoms with Gasteiger partial charge in [-0.15, -0.1) is 0 Å². The average Bonchev–Trinajstić information content (AvgIpc) is 2.91. The second-order valence-electron chi connectivity index (χ2n) is 6.04. The lowest BCUT2D eigenvalue weighted by Crippen LogP contribution is -2.21. The molecule has 1 heterocycles. The van der Waals surface area contributed by atoms with E-state index in [-0.39, 0.29) is 11.7 Å². The highest BCUT2D eigenvalue weighted by atomic mass is 16.6. The highest BCUT2D eigenvalue weighted by Crippen LogP contribution is 2.38. The fraction of sp³-hybridized carbons (Fsp3) is 0.158. The Labute approximate surface area is 155 Å². The number of hydrogen-bond donors (Lipinski definition) is 1. The molecule has 1 aliphatic heterocycles. The number of amides is 1. The minimum atomic E-state index is -0.712. The standard InChI is InChI=1S/C19H17N3O5/c1-11-4-6-14(7-5-11)21-19(24)15(12(2)20-21)8-13-9-16(22(25)26)18(23)17(10-13)27-3/h4-10,23H,1-3H3/b15-8+.